The second kappa shape index (κ2) is 9.38. The van der Waals surface area contributed by atoms with Gasteiger partial charge in [0.2, 0.25) is 11.8 Å². The fourth-order valence-electron chi connectivity index (χ4n) is 4.78. The zero-order valence-electron chi connectivity index (χ0n) is 18.3. The first-order valence-electron chi connectivity index (χ1n) is 11.1. The van der Waals surface area contributed by atoms with E-state index in [0.29, 0.717) is 0 Å². The van der Waals surface area contributed by atoms with E-state index in [9.17, 15) is 9.59 Å². The highest BCUT2D eigenvalue weighted by Crippen LogP contribution is 2.36. The monoisotopic (exact) mass is 418 g/mol. The molecule has 1 saturated heterocycles. The summed E-state index contributed by atoms with van der Waals surface area (Å²) in [6.07, 6.45) is 8.25. The summed E-state index contributed by atoms with van der Waals surface area (Å²) in [4.78, 5) is 29.7. The number of likely N-dealkylation sites (tertiary alicyclic amines) is 1. The van der Waals surface area contributed by atoms with E-state index in [1.807, 2.05) is 53.6 Å². The molecule has 31 heavy (non-hydrogen) atoms. The van der Waals surface area contributed by atoms with Crippen LogP contribution < -0.4 is 4.74 Å². The lowest BCUT2D eigenvalue weighted by Crippen LogP contribution is -2.39. The molecule has 0 radical (unpaired) electrons. The van der Waals surface area contributed by atoms with Gasteiger partial charge in [0.15, 0.2) is 0 Å². The molecule has 5 nitrogen and oxygen atoms in total. The third-order valence-corrected chi connectivity index (χ3v) is 6.41. The molecule has 2 aromatic carbocycles. The van der Waals surface area contributed by atoms with Crippen molar-refractivity contribution in [2.24, 2.45) is 0 Å². The van der Waals surface area contributed by atoms with Crippen LogP contribution in [0.2, 0.25) is 0 Å². The smallest absolute Gasteiger partial charge is 0.225 e. The van der Waals surface area contributed by atoms with Crippen LogP contribution in [-0.2, 0) is 9.59 Å². The van der Waals surface area contributed by atoms with Crippen molar-refractivity contribution in [2.75, 3.05) is 13.7 Å². The second-order valence-electron chi connectivity index (χ2n) is 8.32. The van der Waals surface area contributed by atoms with Gasteiger partial charge in [-0.25, -0.2) is 0 Å². The summed E-state index contributed by atoms with van der Waals surface area (Å²) in [7, 11) is 1.66. The van der Waals surface area contributed by atoms with Gasteiger partial charge < -0.3 is 14.5 Å². The van der Waals surface area contributed by atoms with Gasteiger partial charge >= 0.3 is 0 Å². The summed E-state index contributed by atoms with van der Waals surface area (Å²) in [5.41, 5.74) is 3.24. The Morgan fingerprint density at radius 3 is 2.55 bits per heavy atom. The van der Waals surface area contributed by atoms with Gasteiger partial charge in [0.05, 0.1) is 25.6 Å². The van der Waals surface area contributed by atoms with Gasteiger partial charge in [-0.15, -0.1) is 0 Å². The number of carbonyl (C=O) groups is 2. The molecule has 0 spiro atoms. The number of methoxy groups -OCH3 is 1. The molecular weight excluding hydrogens is 388 g/mol. The summed E-state index contributed by atoms with van der Waals surface area (Å²) in [5.74, 6) is 0.869. The molecule has 162 valence electrons. The normalized spacial score (nSPS) is 20.7. The van der Waals surface area contributed by atoms with Gasteiger partial charge in [-0.1, -0.05) is 49.2 Å². The highest BCUT2D eigenvalue weighted by Gasteiger charge is 2.33. The Labute approximate surface area is 184 Å². The van der Waals surface area contributed by atoms with Gasteiger partial charge in [-0.3, -0.25) is 9.59 Å². The van der Waals surface area contributed by atoms with Crippen LogP contribution >= 0.6 is 0 Å². The summed E-state index contributed by atoms with van der Waals surface area (Å²) in [6, 6.07) is 15.9. The molecule has 5 heteroatoms. The second-order valence-corrected chi connectivity index (χ2v) is 8.32. The van der Waals surface area contributed by atoms with Gasteiger partial charge in [0.1, 0.15) is 5.75 Å². The van der Waals surface area contributed by atoms with Gasteiger partial charge in [-0.05, 0) is 47.7 Å². The Kier molecular flexibility index (Phi) is 6.40. The summed E-state index contributed by atoms with van der Waals surface area (Å²) in [6.45, 7) is 2.31. The van der Waals surface area contributed by atoms with Crippen molar-refractivity contribution in [3.63, 3.8) is 0 Å². The van der Waals surface area contributed by atoms with Gasteiger partial charge in [0, 0.05) is 19.7 Å². The van der Waals surface area contributed by atoms with Crippen LogP contribution in [0, 0.1) is 0 Å². The van der Waals surface area contributed by atoms with E-state index >= 15 is 0 Å². The lowest BCUT2D eigenvalue weighted by molar-refractivity contribution is -0.136. The van der Waals surface area contributed by atoms with Crippen molar-refractivity contribution in [2.45, 2.75) is 51.1 Å². The van der Waals surface area contributed by atoms with Crippen LogP contribution in [0.1, 0.15) is 67.8 Å². The Hall–Kier alpha value is -3.08. The maximum absolute atomic E-state index is 13.6. The minimum Gasteiger partial charge on any atom is -0.497 e. The van der Waals surface area contributed by atoms with Crippen molar-refractivity contribution < 1.29 is 14.3 Å². The highest BCUT2D eigenvalue weighted by molar-refractivity contribution is 5.82. The lowest BCUT2D eigenvalue weighted by atomic mass is 9.92. The van der Waals surface area contributed by atoms with Crippen LogP contribution in [0.25, 0.3) is 6.08 Å². The molecule has 0 saturated carbocycles. The number of fused-ring (bicyclic) bond motifs is 1. The van der Waals surface area contributed by atoms with E-state index in [0.717, 1.165) is 54.7 Å². The van der Waals surface area contributed by atoms with Crippen molar-refractivity contribution >= 4 is 17.9 Å². The van der Waals surface area contributed by atoms with Gasteiger partial charge in [0.25, 0.3) is 0 Å². The first kappa shape index (κ1) is 21.2. The van der Waals surface area contributed by atoms with E-state index in [2.05, 4.69) is 12.1 Å². The van der Waals surface area contributed by atoms with Crippen LogP contribution in [-0.4, -0.2) is 35.3 Å². The maximum atomic E-state index is 13.6. The summed E-state index contributed by atoms with van der Waals surface area (Å²) >= 11 is 0. The summed E-state index contributed by atoms with van der Waals surface area (Å²) < 4.78 is 5.30. The van der Waals surface area contributed by atoms with Crippen molar-refractivity contribution in [1.29, 1.82) is 0 Å². The predicted molar refractivity (Wildman–Crippen MR) is 121 cm³/mol. The number of nitrogens with zero attached hydrogens (tertiary/aromatic N) is 2. The average Bonchev–Trinajstić information content (AvgIpc) is 3.05. The van der Waals surface area contributed by atoms with Crippen molar-refractivity contribution in [1.82, 2.24) is 9.80 Å². The van der Waals surface area contributed by atoms with Crippen LogP contribution in [0.5, 0.6) is 5.75 Å². The molecule has 0 bridgehead atoms. The summed E-state index contributed by atoms with van der Waals surface area (Å²) in [5, 5.41) is 0. The number of ether oxygens (including phenoxy) is 1. The third kappa shape index (κ3) is 4.50. The molecule has 2 amide bonds. The number of carbonyl (C=O) groups excluding carboxylic acids is 2. The number of amides is 2. The number of hydrogen-bond donors (Lipinski definition) is 0. The fraction of sp³-hybridized carbons (Fsp3) is 0.385. The molecule has 2 atom stereocenters. The molecule has 0 aliphatic carbocycles. The minimum atomic E-state index is -0.272. The molecule has 2 aliphatic heterocycles. The largest absolute Gasteiger partial charge is 0.497 e. The molecule has 0 N–H and O–H groups in total. The van der Waals surface area contributed by atoms with Crippen molar-refractivity contribution in [3.8, 4) is 5.75 Å². The molecular formula is C26H30N2O3. The molecule has 0 unspecified atom stereocenters. The molecule has 1 fully saturated rings. The van der Waals surface area contributed by atoms with Crippen LogP contribution in [0.15, 0.2) is 54.7 Å². The maximum Gasteiger partial charge on any atom is 0.225 e. The third-order valence-electron chi connectivity index (χ3n) is 6.41. The fourth-order valence-corrected chi connectivity index (χ4v) is 4.78. The van der Waals surface area contributed by atoms with E-state index in [4.69, 9.17) is 4.74 Å². The lowest BCUT2D eigenvalue weighted by Gasteiger charge is -2.36. The Morgan fingerprint density at radius 1 is 1.03 bits per heavy atom. The van der Waals surface area contributed by atoms with Crippen LogP contribution in [0.4, 0.5) is 0 Å². The number of hydrogen-bond acceptors (Lipinski definition) is 3. The molecule has 0 aromatic heterocycles. The molecule has 2 aliphatic rings. The van der Waals surface area contributed by atoms with E-state index in [1.165, 1.54) is 0 Å². The topological polar surface area (TPSA) is 49.9 Å². The van der Waals surface area contributed by atoms with Crippen molar-refractivity contribution in [3.05, 3.63) is 71.4 Å². The first-order valence-corrected chi connectivity index (χ1v) is 11.1. The Morgan fingerprint density at radius 2 is 1.81 bits per heavy atom. The average molecular weight is 419 g/mol. The van der Waals surface area contributed by atoms with Gasteiger partial charge in [-0.2, -0.15) is 0 Å². The SMILES string of the molecule is COc1ccc([C@@H]2CCCCCN2C(=O)C[C@H]2c3ccccc3C=CN2C(C)=O)cc1. The standard InChI is InChI=1S/C26H30N2O3/c1-19(29)27-17-15-20-8-5-6-9-23(20)25(27)18-26(30)28-16-7-3-4-10-24(28)21-11-13-22(31-2)14-12-21/h5-6,8-9,11-15,17,24-25H,3-4,7,10,16,18H2,1-2H3/t24-,25-/m0/s1. The number of benzene rings is 2. The highest BCUT2D eigenvalue weighted by atomic mass is 16.5. The quantitative estimate of drug-likeness (QED) is 0.694. The Bertz CT molecular complexity index is 967. The van der Waals surface area contributed by atoms with Crippen LogP contribution in [0.3, 0.4) is 0 Å². The van der Waals surface area contributed by atoms with E-state index < -0.39 is 0 Å². The molecule has 2 heterocycles. The predicted octanol–water partition coefficient (Wildman–Crippen LogP) is 5.10. The zero-order chi connectivity index (χ0) is 21.8. The first-order chi connectivity index (χ1) is 15.1. The van der Waals surface area contributed by atoms with E-state index in [1.54, 1.807) is 18.9 Å². The molecule has 4 rings (SSSR count). The zero-order valence-corrected chi connectivity index (χ0v) is 18.3. The Balaban J connectivity index is 1.61. The van der Waals surface area contributed by atoms with E-state index in [-0.39, 0.29) is 30.3 Å². The number of rotatable bonds is 4. The molecule has 2 aromatic rings. The minimum absolute atomic E-state index is 0.0499.